The molecule has 6 heteroatoms. The number of benzene rings is 1. The lowest BCUT2D eigenvalue weighted by atomic mass is 10.0. The predicted molar refractivity (Wildman–Crippen MR) is 82.1 cm³/mol. The average molecular weight is 305 g/mol. The minimum absolute atomic E-state index is 0.0524. The molecular weight excluding hydrogens is 294 g/mol. The summed E-state index contributed by atoms with van der Waals surface area (Å²) in [6.45, 7) is 0. The molecule has 0 atom stereocenters. The van der Waals surface area contributed by atoms with Crippen LogP contribution in [0.3, 0.4) is 0 Å². The standard InChI is InChI=1S/C17H11N3O3/c21-15(11-6-2-1-3-7-11)12-10-19-16(20-14(12)17(22)23)13-8-4-5-9-18-13/h1-10H,(H,22,23). The van der Waals surface area contributed by atoms with E-state index in [-0.39, 0.29) is 17.1 Å². The molecular formula is C17H11N3O3. The molecule has 0 saturated carbocycles. The molecule has 1 aromatic carbocycles. The van der Waals surface area contributed by atoms with Gasteiger partial charge >= 0.3 is 5.97 Å². The number of aromatic nitrogens is 3. The van der Waals surface area contributed by atoms with Gasteiger partial charge in [0.2, 0.25) is 0 Å². The van der Waals surface area contributed by atoms with Crippen molar-refractivity contribution in [1.82, 2.24) is 15.0 Å². The van der Waals surface area contributed by atoms with Gasteiger partial charge < -0.3 is 5.11 Å². The van der Waals surface area contributed by atoms with Crippen molar-refractivity contribution in [1.29, 1.82) is 0 Å². The smallest absolute Gasteiger partial charge is 0.355 e. The van der Waals surface area contributed by atoms with E-state index >= 15 is 0 Å². The highest BCUT2D eigenvalue weighted by molar-refractivity contribution is 6.13. The first kappa shape index (κ1) is 14.5. The van der Waals surface area contributed by atoms with Crippen molar-refractivity contribution in [2.75, 3.05) is 0 Å². The van der Waals surface area contributed by atoms with Crippen molar-refractivity contribution in [2.45, 2.75) is 0 Å². The Morgan fingerprint density at radius 1 is 0.913 bits per heavy atom. The molecule has 0 saturated heterocycles. The number of carbonyl (C=O) groups is 2. The fourth-order valence-electron chi connectivity index (χ4n) is 2.07. The number of rotatable bonds is 4. The lowest BCUT2D eigenvalue weighted by molar-refractivity contribution is 0.0686. The first-order valence-electron chi connectivity index (χ1n) is 6.78. The number of nitrogens with zero attached hydrogens (tertiary/aromatic N) is 3. The molecule has 112 valence electrons. The zero-order valence-electron chi connectivity index (χ0n) is 11.9. The first-order valence-corrected chi connectivity index (χ1v) is 6.78. The molecule has 2 heterocycles. The second kappa shape index (κ2) is 6.15. The van der Waals surface area contributed by atoms with E-state index in [1.54, 1.807) is 54.7 Å². The van der Waals surface area contributed by atoms with Crippen LogP contribution in [0.4, 0.5) is 0 Å². The Labute approximate surface area is 131 Å². The maximum atomic E-state index is 12.5. The molecule has 0 spiro atoms. The van der Waals surface area contributed by atoms with Gasteiger partial charge in [-0.2, -0.15) is 0 Å². The van der Waals surface area contributed by atoms with Crippen molar-refractivity contribution in [3.63, 3.8) is 0 Å². The lowest BCUT2D eigenvalue weighted by Gasteiger charge is -2.06. The van der Waals surface area contributed by atoms with Crippen LogP contribution in [0.2, 0.25) is 0 Å². The van der Waals surface area contributed by atoms with E-state index in [4.69, 9.17) is 0 Å². The fourth-order valence-corrected chi connectivity index (χ4v) is 2.07. The molecule has 3 rings (SSSR count). The average Bonchev–Trinajstić information content (AvgIpc) is 2.62. The van der Waals surface area contributed by atoms with Crippen molar-refractivity contribution >= 4 is 11.8 Å². The molecule has 0 radical (unpaired) electrons. The number of hydrogen-bond acceptors (Lipinski definition) is 5. The van der Waals surface area contributed by atoms with Gasteiger partial charge in [-0.05, 0) is 12.1 Å². The summed E-state index contributed by atoms with van der Waals surface area (Å²) in [5.74, 6) is -1.56. The number of ketones is 1. The molecule has 1 N–H and O–H groups in total. The van der Waals surface area contributed by atoms with Crippen LogP contribution in [0.15, 0.2) is 60.9 Å². The quantitative estimate of drug-likeness (QED) is 0.744. The van der Waals surface area contributed by atoms with Crippen LogP contribution >= 0.6 is 0 Å². The van der Waals surface area contributed by atoms with Gasteiger partial charge in [0.15, 0.2) is 17.3 Å². The normalized spacial score (nSPS) is 10.3. The molecule has 0 fully saturated rings. The highest BCUT2D eigenvalue weighted by Gasteiger charge is 2.21. The molecule has 0 aliphatic heterocycles. The highest BCUT2D eigenvalue weighted by atomic mass is 16.4. The third-order valence-electron chi connectivity index (χ3n) is 3.17. The minimum Gasteiger partial charge on any atom is -0.476 e. The van der Waals surface area contributed by atoms with Crippen LogP contribution in [0.25, 0.3) is 11.5 Å². The molecule has 0 aliphatic rings. The minimum atomic E-state index is -1.29. The summed E-state index contributed by atoms with van der Waals surface area (Å²) < 4.78 is 0. The number of pyridine rings is 1. The van der Waals surface area contributed by atoms with Crippen LogP contribution in [0.5, 0.6) is 0 Å². The summed E-state index contributed by atoms with van der Waals surface area (Å²) in [5, 5.41) is 9.37. The third-order valence-corrected chi connectivity index (χ3v) is 3.17. The molecule has 6 nitrogen and oxygen atoms in total. The molecule has 3 aromatic rings. The Balaban J connectivity index is 2.08. The SMILES string of the molecule is O=C(c1ccccc1)c1cnc(-c2ccccn2)nc1C(=O)O. The molecule has 23 heavy (non-hydrogen) atoms. The summed E-state index contributed by atoms with van der Waals surface area (Å²) in [7, 11) is 0. The predicted octanol–water partition coefficient (Wildman–Crippen LogP) is 2.47. The summed E-state index contributed by atoms with van der Waals surface area (Å²) in [6, 6.07) is 13.5. The Bertz CT molecular complexity index is 865. The maximum absolute atomic E-state index is 12.5. The third kappa shape index (κ3) is 2.96. The number of carboxylic acids is 1. The van der Waals surface area contributed by atoms with Crippen molar-refractivity contribution in [3.05, 3.63) is 77.7 Å². The van der Waals surface area contributed by atoms with Gasteiger partial charge in [0, 0.05) is 18.0 Å². The van der Waals surface area contributed by atoms with Crippen LogP contribution in [-0.2, 0) is 0 Å². The summed E-state index contributed by atoms with van der Waals surface area (Å²) in [4.78, 5) is 36.1. The molecule has 2 aromatic heterocycles. The van der Waals surface area contributed by atoms with Gasteiger partial charge in [0.05, 0.1) is 5.56 Å². The fraction of sp³-hybridized carbons (Fsp3) is 0. The van der Waals surface area contributed by atoms with Crippen molar-refractivity contribution in [2.24, 2.45) is 0 Å². The number of carbonyl (C=O) groups excluding carboxylic acids is 1. The number of aromatic carboxylic acids is 1. The topological polar surface area (TPSA) is 93.0 Å². The highest BCUT2D eigenvalue weighted by Crippen LogP contribution is 2.17. The van der Waals surface area contributed by atoms with Gasteiger partial charge in [-0.3, -0.25) is 9.78 Å². The van der Waals surface area contributed by atoms with Gasteiger partial charge in [0.1, 0.15) is 5.69 Å². The van der Waals surface area contributed by atoms with E-state index in [1.807, 2.05) is 0 Å². The van der Waals surface area contributed by atoms with Gasteiger partial charge in [-0.15, -0.1) is 0 Å². The second-order valence-corrected chi connectivity index (χ2v) is 4.67. The monoisotopic (exact) mass is 305 g/mol. The van der Waals surface area contributed by atoms with E-state index < -0.39 is 11.8 Å². The molecule has 0 amide bonds. The van der Waals surface area contributed by atoms with Crippen LogP contribution in [0.1, 0.15) is 26.4 Å². The zero-order chi connectivity index (χ0) is 16.2. The Morgan fingerprint density at radius 3 is 2.30 bits per heavy atom. The van der Waals surface area contributed by atoms with Crippen molar-refractivity contribution < 1.29 is 14.7 Å². The van der Waals surface area contributed by atoms with E-state index in [0.717, 1.165) is 0 Å². The zero-order valence-corrected chi connectivity index (χ0v) is 11.9. The van der Waals surface area contributed by atoms with E-state index in [0.29, 0.717) is 11.3 Å². The Morgan fingerprint density at radius 2 is 1.65 bits per heavy atom. The summed E-state index contributed by atoms with van der Waals surface area (Å²) >= 11 is 0. The Kier molecular flexibility index (Phi) is 3.88. The maximum Gasteiger partial charge on any atom is 0.355 e. The van der Waals surface area contributed by atoms with Crippen LogP contribution in [-0.4, -0.2) is 31.8 Å². The van der Waals surface area contributed by atoms with Gasteiger partial charge in [-0.1, -0.05) is 36.4 Å². The first-order chi connectivity index (χ1) is 11.2. The summed E-state index contributed by atoms with van der Waals surface area (Å²) in [5.41, 5.74) is 0.427. The largest absolute Gasteiger partial charge is 0.476 e. The van der Waals surface area contributed by atoms with Gasteiger partial charge in [0.25, 0.3) is 0 Å². The number of hydrogen-bond donors (Lipinski definition) is 1. The lowest BCUT2D eigenvalue weighted by Crippen LogP contribution is -2.13. The number of carboxylic acid groups (broad SMARTS) is 1. The van der Waals surface area contributed by atoms with E-state index in [9.17, 15) is 14.7 Å². The van der Waals surface area contributed by atoms with Crippen LogP contribution in [0, 0.1) is 0 Å². The van der Waals surface area contributed by atoms with Gasteiger partial charge in [-0.25, -0.2) is 14.8 Å². The molecule has 0 unspecified atom stereocenters. The Hall–Kier alpha value is -3.41. The van der Waals surface area contributed by atoms with E-state index in [2.05, 4.69) is 15.0 Å². The van der Waals surface area contributed by atoms with E-state index in [1.165, 1.54) is 6.20 Å². The molecule has 0 bridgehead atoms. The second-order valence-electron chi connectivity index (χ2n) is 4.67. The van der Waals surface area contributed by atoms with Crippen LogP contribution < -0.4 is 0 Å². The molecule has 0 aliphatic carbocycles. The van der Waals surface area contributed by atoms with Crippen molar-refractivity contribution in [3.8, 4) is 11.5 Å². The summed E-state index contributed by atoms with van der Waals surface area (Å²) in [6.07, 6.45) is 2.79.